The topological polar surface area (TPSA) is 58.0 Å². The van der Waals surface area contributed by atoms with Gasteiger partial charge in [0, 0.05) is 11.4 Å². The van der Waals surface area contributed by atoms with E-state index >= 15 is 0 Å². The van der Waals surface area contributed by atoms with Crippen molar-refractivity contribution in [2.75, 3.05) is 5.32 Å². The van der Waals surface area contributed by atoms with Gasteiger partial charge in [0.15, 0.2) is 0 Å². The van der Waals surface area contributed by atoms with Crippen LogP contribution in [-0.4, -0.2) is 27.4 Å². The summed E-state index contributed by atoms with van der Waals surface area (Å²) in [5.74, 6) is 0. The van der Waals surface area contributed by atoms with Crippen molar-refractivity contribution in [3.63, 3.8) is 0 Å². The smallest absolute Gasteiger partial charge is 0.205 e. The van der Waals surface area contributed by atoms with Crippen molar-refractivity contribution in [3.8, 4) is 0 Å². The van der Waals surface area contributed by atoms with Gasteiger partial charge >= 0.3 is 0 Å². The van der Waals surface area contributed by atoms with E-state index in [4.69, 9.17) is 11.6 Å². The second-order valence-corrected chi connectivity index (χ2v) is 6.91. The van der Waals surface area contributed by atoms with Gasteiger partial charge in [-0.3, -0.25) is 0 Å². The lowest BCUT2D eigenvalue weighted by atomic mass is 9.93. The number of nitrogens with zero attached hydrogens (tertiary/aromatic N) is 2. The molecule has 0 aliphatic heterocycles. The molecule has 2 atom stereocenters. The lowest BCUT2D eigenvalue weighted by Crippen LogP contribution is -2.36. The molecule has 1 aromatic heterocycles. The Hall–Kier alpha value is -1.17. The third-order valence-electron chi connectivity index (χ3n) is 3.77. The molecule has 0 bridgehead atoms. The lowest BCUT2D eigenvalue weighted by Gasteiger charge is -2.27. The van der Waals surface area contributed by atoms with Crippen LogP contribution in [0.5, 0.6) is 0 Å². The van der Waals surface area contributed by atoms with E-state index in [0.29, 0.717) is 0 Å². The van der Waals surface area contributed by atoms with Crippen LogP contribution in [0.2, 0.25) is 5.02 Å². The Labute approximate surface area is 133 Å². The highest BCUT2D eigenvalue weighted by atomic mass is 35.5. The van der Waals surface area contributed by atoms with Gasteiger partial charge in [0.05, 0.1) is 12.1 Å². The zero-order chi connectivity index (χ0) is 14.7. The van der Waals surface area contributed by atoms with Gasteiger partial charge in [-0.1, -0.05) is 47.9 Å². The van der Waals surface area contributed by atoms with E-state index in [1.54, 1.807) is 11.3 Å². The Morgan fingerprint density at radius 1 is 1.19 bits per heavy atom. The van der Waals surface area contributed by atoms with E-state index in [1.807, 2.05) is 24.3 Å². The zero-order valence-electron chi connectivity index (χ0n) is 11.6. The first-order chi connectivity index (χ1) is 10.2. The van der Waals surface area contributed by atoms with Crippen LogP contribution in [0, 0.1) is 0 Å². The van der Waals surface area contributed by atoms with Crippen LogP contribution in [0.25, 0.3) is 0 Å². The number of aromatic nitrogens is 2. The second kappa shape index (κ2) is 6.73. The van der Waals surface area contributed by atoms with Crippen LogP contribution < -0.4 is 5.32 Å². The molecule has 1 aliphatic carbocycles. The maximum Gasteiger partial charge on any atom is 0.205 e. The summed E-state index contributed by atoms with van der Waals surface area (Å²) in [6.07, 6.45) is 4.61. The number of rotatable bonds is 4. The molecule has 3 rings (SSSR count). The lowest BCUT2D eigenvalue weighted by molar-refractivity contribution is 0.116. The molecule has 1 aromatic carbocycles. The fraction of sp³-hybridized carbons (Fsp3) is 0.467. The number of hydrogen-bond acceptors (Lipinski definition) is 5. The van der Waals surface area contributed by atoms with E-state index in [2.05, 4.69) is 15.5 Å². The molecule has 0 spiro atoms. The Balaban J connectivity index is 1.61. The molecule has 2 aromatic rings. The van der Waals surface area contributed by atoms with E-state index in [9.17, 15) is 5.11 Å². The van der Waals surface area contributed by atoms with Crippen molar-refractivity contribution >= 4 is 28.1 Å². The first-order valence-electron chi connectivity index (χ1n) is 7.22. The average molecular weight is 324 g/mol. The Bertz CT molecular complexity index is 587. The van der Waals surface area contributed by atoms with Gasteiger partial charge in [-0.15, -0.1) is 10.2 Å². The maximum atomic E-state index is 9.98. The molecule has 1 saturated carbocycles. The Morgan fingerprint density at radius 3 is 2.71 bits per heavy atom. The highest BCUT2D eigenvalue weighted by Crippen LogP contribution is 2.25. The van der Waals surface area contributed by atoms with E-state index in [1.165, 1.54) is 5.56 Å². The molecule has 4 nitrogen and oxygen atoms in total. The predicted molar refractivity (Wildman–Crippen MR) is 86.1 cm³/mol. The summed E-state index contributed by atoms with van der Waals surface area (Å²) < 4.78 is 0. The van der Waals surface area contributed by atoms with Crippen LogP contribution in [-0.2, 0) is 6.42 Å². The summed E-state index contributed by atoms with van der Waals surface area (Å²) in [4.78, 5) is 0. The van der Waals surface area contributed by atoms with Crippen molar-refractivity contribution in [1.29, 1.82) is 0 Å². The van der Waals surface area contributed by atoms with Gasteiger partial charge in [0.2, 0.25) is 5.13 Å². The first kappa shape index (κ1) is 14.8. The van der Waals surface area contributed by atoms with E-state index < -0.39 is 0 Å². The second-order valence-electron chi connectivity index (χ2n) is 5.41. The minimum Gasteiger partial charge on any atom is -0.391 e. The molecule has 21 heavy (non-hydrogen) atoms. The van der Waals surface area contributed by atoms with Crippen LogP contribution >= 0.6 is 22.9 Å². The number of benzene rings is 1. The van der Waals surface area contributed by atoms with Crippen LogP contribution in [0.1, 0.15) is 36.3 Å². The molecule has 1 fully saturated rings. The van der Waals surface area contributed by atoms with E-state index in [-0.39, 0.29) is 12.1 Å². The predicted octanol–water partition coefficient (Wildman–Crippen LogP) is 3.50. The van der Waals surface area contributed by atoms with Crippen molar-refractivity contribution in [1.82, 2.24) is 10.2 Å². The molecule has 6 heteroatoms. The third-order valence-corrected chi connectivity index (χ3v) is 4.88. The first-order valence-corrected chi connectivity index (χ1v) is 8.41. The van der Waals surface area contributed by atoms with Crippen LogP contribution in [0.15, 0.2) is 24.3 Å². The molecule has 1 aliphatic rings. The maximum absolute atomic E-state index is 9.98. The van der Waals surface area contributed by atoms with Gasteiger partial charge in [0.25, 0.3) is 0 Å². The van der Waals surface area contributed by atoms with Gasteiger partial charge in [-0.25, -0.2) is 0 Å². The fourth-order valence-corrected chi connectivity index (χ4v) is 3.56. The summed E-state index contributed by atoms with van der Waals surface area (Å²) in [5.41, 5.74) is 1.17. The monoisotopic (exact) mass is 323 g/mol. The van der Waals surface area contributed by atoms with Gasteiger partial charge in [-0.2, -0.15) is 0 Å². The molecule has 2 N–H and O–H groups in total. The largest absolute Gasteiger partial charge is 0.391 e. The zero-order valence-corrected chi connectivity index (χ0v) is 13.2. The number of hydrogen-bond donors (Lipinski definition) is 2. The summed E-state index contributed by atoms with van der Waals surface area (Å²) in [7, 11) is 0. The number of aliphatic hydroxyl groups is 1. The third kappa shape index (κ3) is 3.93. The standard InChI is InChI=1S/C15H18ClN3OS/c16-11-7-5-10(6-8-11)9-14-18-19-15(21-14)17-12-3-1-2-4-13(12)20/h5-8,12-13,20H,1-4,9H2,(H,17,19)/t12-,13-/m0/s1. The molecule has 0 unspecified atom stereocenters. The minimum atomic E-state index is -0.276. The van der Waals surface area contributed by atoms with Crippen molar-refractivity contribution in [3.05, 3.63) is 39.9 Å². The number of anilines is 1. The summed E-state index contributed by atoms with van der Waals surface area (Å²) >= 11 is 7.43. The molecule has 1 heterocycles. The molecular formula is C15H18ClN3OS. The number of halogens is 1. The highest BCUT2D eigenvalue weighted by molar-refractivity contribution is 7.15. The molecule has 0 radical (unpaired) electrons. The van der Waals surface area contributed by atoms with Crippen LogP contribution in [0.3, 0.4) is 0 Å². The van der Waals surface area contributed by atoms with Crippen molar-refractivity contribution < 1.29 is 5.11 Å². The normalized spacial score (nSPS) is 22.2. The Morgan fingerprint density at radius 2 is 1.95 bits per heavy atom. The molecule has 112 valence electrons. The fourth-order valence-electron chi connectivity index (χ4n) is 2.60. The SMILES string of the molecule is O[C@H]1CCCC[C@@H]1Nc1nnc(Cc2ccc(Cl)cc2)s1. The van der Waals surface area contributed by atoms with Gasteiger partial charge < -0.3 is 10.4 Å². The minimum absolute atomic E-state index is 0.107. The van der Waals surface area contributed by atoms with Crippen molar-refractivity contribution in [2.24, 2.45) is 0 Å². The van der Waals surface area contributed by atoms with Crippen LogP contribution in [0.4, 0.5) is 5.13 Å². The van der Waals surface area contributed by atoms with Gasteiger partial charge in [-0.05, 0) is 30.5 Å². The van der Waals surface area contributed by atoms with Gasteiger partial charge in [0.1, 0.15) is 5.01 Å². The molecular weight excluding hydrogens is 306 g/mol. The quantitative estimate of drug-likeness (QED) is 0.904. The van der Waals surface area contributed by atoms with E-state index in [0.717, 1.165) is 47.3 Å². The van der Waals surface area contributed by atoms with Crippen molar-refractivity contribution in [2.45, 2.75) is 44.2 Å². The Kier molecular flexibility index (Phi) is 4.73. The summed E-state index contributed by atoms with van der Waals surface area (Å²) in [6, 6.07) is 7.88. The average Bonchev–Trinajstić information content (AvgIpc) is 2.91. The number of aliphatic hydroxyl groups excluding tert-OH is 1. The summed E-state index contributed by atoms with van der Waals surface area (Å²) in [6.45, 7) is 0. The molecule has 0 saturated heterocycles. The summed E-state index contributed by atoms with van der Waals surface area (Å²) in [5, 5.41) is 24.2. The number of nitrogens with one attached hydrogen (secondary N) is 1. The molecule has 0 amide bonds. The highest BCUT2D eigenvalue weighted by Gasteiger charge is 2.23.